The highest BCUT2D eigenvalue weighted by Gasteiger charge is 2.57. The van der Waals surface area contributed by atoms with E-state index >= 15 is 0 Å². The maximum atomic E-state index is 12.7. The number of aromatic nitrogens is 8. The third-order valence-electron chi connectivity index (χ3n) is 9.85. The molecule has 2 bridgehead atoms. The molecule has 7 rings (SSSR count). The molecule has 4 aromatic heterocycles. The monoisotopic (exact) mass is 818 g/mol. The Morgan fingerprint density at radius 1 is 1.17 bits per heavy atom. The highest BCUT2D eigenvalue weighted by molar-refractivity contribution is 8.07. The predicted octanol–water partition coefficient (Wildman–Crippen LogP) is 2.20. The lowest BCUT2D eigenvalue weighted by Gasteiger charge is -2.41. The molecule has 0 saturated carbocycles. The van der Waals surface area contributed by atoms with Crippen molar-refractivity contribution in [2.45, 2.75) is 86.1 Å². The molecule has 3 aliphatic heterocycles. The number of nitrogens with zero attached hydrogens (tertiary/aromatic N) is 7. The number of rotatable bonds is 12. The number of H-pyrrole nitrogens is 1. The van der Waals surface area contributed by atoms with E-state index in [-0.39, 0.29) is 53.9 Å². The summed E-state index contributed by atoms with van der Waals surface area (Å²) in [5.41, 5.74) is 11.5. The van der Waals surface area contributed by atoms with Crippen LogP contribution in [-0.2, 0) is 43.8 Å². The Morgan fingerprint density at radius 2 is 1.90 bits per heavy atom. The second-order valence-corrected chi connectivity index (χ2v) is 24.1. The lowest BCUT2D eigenvalue weighted by atomic mass is 10.0. The van der Waals surface area contributed by atoms with E-state index in [9.17, 15) is 19.1 Å². The van der Waals surface area contributed by atoms with Gasteiger partial charge in [-0.2, -0.15) is 4.98 Å². The zero-order valence-electron chi connectivity index (χ0n) is 28.7. The molecule has 3 aliphatic rings. The van der Waals surface area contributed by atoms with Crippen molar-refractivity contribution in [3.05, 3.63) is 29.3 Å². The van der Waals surface area contributed by atoms with Crippen LogP contribution in [0, 0.1) is 0 Å². The van der Waals surface area contributed by atoms with Gasteiger partial charge in [0.25, 0.3) is 5.56 Å². The third kappa shape index (κ3) is 7.12. The van der Waals surface area contributed by atoms with E-state index in [1.54, 1.807) is 15.5 Å². The van der Waals surface area contributed by atoms with Crippen molar-refractivity contribution in [1.82, 2.24) is 39.0 Å². The van der Waals surface area contributed by atoms with Crippen molar-refractivity contribution in [3.8, 4) is 0 Å². The standard InChI is InChI=1S/C27H40N10O10P2S2Si/c1-26(2,3)52(4,5)47-17-14(7-43-48(39)40)51-24(37-12-33-16-21(37)34-25(29)35-22(16)38)18(17)46-49(41,50)44-9-27-6-13(42-8-27)23(45-27)36-11-32-15-19(28)30-10-31-20(15)36/h10-14,17-18,23-24,48H,6-9H2,1-5H3,(H,39,40)(H,41,50)(H2,28,30,31)(H3,29,34,35,38)/t13-,14-,17?,18-,23-,24-,27-,49?/m1/s1. The van der Waals surface area contributed by atoms with Crippen LogP contribution in [0.4, 0.5) is 11.8 Å². The average molecular weight is 819 g/mol. The number of ether oxygens (including phenoxy) is 2. The smallest absolute Gasteiger partial charge is 0.325 e. The first-order valence-electron chi connectivity index (χ1n) is 16.2. The minimum atomic E-state index is -4.11. The van der Waals surface area contributed by atoms with Crippen LogP contribution in [0.2, 0.25) is 18.1 Å². The second-order valence-electron chi connectivity index (χ2n) is 14.4. The predicted molar refractivity (Wildman–Crippen MR) is 196 cm³/mol. The van der Waals surface area contributed by atoms with Crippen LogP contribution in [0.25, 0.3) is 22.3 Å². The Labute approximate surface area is 307 Å². The molecule has 7 N–H and O–H groups in total. The molecule has 0 amide bonds. The van der Waals surface area contributed by atoms with Crippen LogP contribution in [0.5, 0.6) is 0 Å². The zero-order valence-corrected chi connectivity index (χ0v) is 33.3. The molecule has 25 heteroatoms. The first kappa shape index (κ1) is 37.9. The van der Waals surface area contributed by atoms with Crippen LogP contribution in [0.1, 0.15) is 38.8 Å². The van der Waals surface area contributed by atoms with Gasteiger partial charge in [0.15, 0.2) is 37.2 Å². The molecule has 3 fully saturated rings. The van der Waals surface area contributed by atoms with E-state index in [2.05, 4.69) is 50.7 Å². The minimum Gasteiger partial charge on any atom is -0.410 e. The molecule has 3 unspecified atom stereocenters. The van der Waals surface area contributed by atoms with E-state index in [4.69, 9.17) is 50.7 Å². The van der Waals surface area contributed by atoms with E-state index in [0.717, 1.165) is 0 Å². The topological polar surface area (TPSA) is 272 Å². The Balaban J connectivity index is 1.18. The van der Waals surface area contributed by atoms with Gasteiger partial charge in [0.2, 0.25) is 5.95 Å². The summed E-state index contributed by atoms with van der Waals surface area (Å²) < 4.78 is 52.1. The molecule has 0 aromatic carbocycles. The fourth-order valence-corrected chi connectivity index (χ4v) is 11.2. The number of fused-ring (bicyclic) bond motifs is 4. The maximum absolute atomic E-state index is 12.7. The molecule has 9 atom stereocenters. The van der Waals surface area contributed by atoms with Crippen LogP contribution in [0.15, 0.2) is 23.8 Å². The molecule has 284 valence electrons. The number of hydrogen-bond donors (Lipinski definition) is 5. The molecular weight excluding hydrogens is 779 g/mol. The summed E-state index contributed by atoms with van der Waals surface area (Å²) in [6.07, 6.45) is 1.87. The number of thioether (sulfide) groups is 1. The maximum Gasteiger partial charge on any atom is 0.325 e. The third-order valence-corrected chi connectivity index (χ3v) is 17.8. The average Bonchev–Trinajstić information content (AvgIpc) is 3.87. The van der Waals surface area contributed by atoms with Crippen molar-refractivity contribution < 1.29 is 41.8 Å². The van der Waals surface area contributed by atoms with Gasteiger partial charge in [0.1, 0.15) is 35.0 Å². The van der Waals surface area contributed by atoms with Gasteiger partial charge < -0.3 is 44.2 Å². The van der Waals surface area contributed by atoms with Crippen molar-refractivity contribution in [2.75, 3.05) is 31.3 Å². The molecule has 0 radical (unpaired) electrons. The lowest BCUT2D eigenvalue weighted by molar-refractivity contribution is -0.180. The second kappa shape index (κ2) is 13.7. The zero-order chi connectivity index (χ0) is 37.4. The SMILES string of the molecule is CC(C)(C)[Si](C)(C)OC1[C@@H](OP(O)(=S)OC[C@]23CO[C@H](C2)[C@H](n2cnc4c(N)ncnc42)O3)[C@H](n2cnc3c(=O)[nH]c(N)nc32)S[C@@H]1CO[PH](=O)O. The van der Waals surface area contributed by atoms with Gasteiger partial charge in [0.05, 0.1) is 43.8 Å². The molecule has 0 spiro atoms. The molecule has 0 aliphatic carbocycles. The van der Waals surface area contributed by atoms with Crippen LogP contribution in [0.3, 0.4) is 0 Å². The Morgan fingerprint density at radius 3 is 2.63 bits per heavy atom. The molecular formula is C27H40N10O10P2S2Si. The van der Waals surface area contributed by atoms with Crippen molar-refractivity contribution >= 4 is 81.0 Å². The summed E-state index contributed by atoms with van der Waals surface area (Å²) in [5.74, 6) is 0.103. The van der Waals surface area contributed by atoms with Crippen LogP contribution >= 0.6 is 26.7 Å². The number of aromatic amines is 1. The number of hydrogen-bond acceptors (Lipinski definition) is 17. The number of imidazole rings is 2. The normalized spacial score (nSPS) is 29.7. The molecule has 52 heavy (non-hydrogen) atoms. The first-order chi connectivity index (χ1) is 24.4. The van der Waals surface area contributed by atoms with E-state index in [0.29, 0.717) is 17.6 Å². The van der Waals surface area contributed by atoms with Gasteiger partial charge in [0, 0.05) is 6.42 Å². The fraction of sp³-hybridized carbons (Fsp3) is 0.630. The van der Waals surface area contributed by atoms with Gasteiger partial charge in [-0.05, 0) is 29.9 Å². The fourth-order valence-electron chi connectivity index (χ4n) is 6.27. The molecule has 3 saturated heterocycles. The summed E-state index contributed by atoms with van der Waals surface area (Å²) in [4.78, 5) is 57.7. The number of nitrogens with two attached hydrogens (primary N) is 2. The molecule has 7 heterocycles. The van der Waals surface area contributed by atoms with E-state index in [1.807, 2.05) is 13.1 Å². The number of nitrogens with one attached hydrogen (secondary N) is 1. The lowest BCUT2D eigenvalue weighted by Crippen LogP contribution is -2.50. The van der Waals surface area contributed by atoms with Gasteiger partial charge in [-0.3, -0.25) is 28.0 Å². The summed E-state index contributed by atoms with van der Waals surface area (Å²) >= 11 is 6.91. The molecule has 20 nitrogen and oxygen atoms in total. The first-order valence-corrected chi connectivity index (χ1v) is 23.9. The summed E-state index contributed by atoms with van der Waals surface area (Å²) in [5, 5.41) is -1.64. The minimum absolute atomic E-state index is 0.0258. The van der Waals surface area contributed by atoms with Crippen molar-refractivity contribution in [1.29, 1.82) is 0 Å². The van der Waals surface area contributed by atoms with Crippen LogP contribution < -0.4 is 17.0 Å². The summed E-state index contributed by atoms with van der Waals surface area (Å²) in [7, 11) is -5.90. The quantitative estimate of drug-likeness (QED) is 0.101. The summed E-state index contributed by atoms with van der Waals surface area (Å²) in [6, 6.07) is 0. The van der Waals surface area contributed by atoms with Crippen molar-refractivity contribution in [3.63, 3.8) is 0 Å². The Bertz CT molecular complexity index is 2130. The highest BCUT2D eigenvalue weighted by atomic mass is 32.5. The Hall–Kier alpha value is -2.37. The van der Waals surface area contributed by atoms with E-state index < -0.39 is 63.5 Å². The van der Waals surface area contributed by atoms with E-state index in [1.165, 1.54) is 24.4 Å². The van der Waals surface area contributed by atoms with Crippen LogP contribution in [-0.4, -0.2) is 106 Å². The number of nitrogen functional groups attached to an aromatic ring is 2. The highest BCUT2D eigenvalue weighted by Crippen LogP contribution is 2.57. The number of anilines is 2. The molecule has 4 aromatic rings. The summed E-state index contributed by atoms with van der Waals surface area (Å²) in [6.45, 7) is 5.98. The van der Waals surface area contributed by atoms with Gasteiger partial charge >= 0.3 is 15.0 Å². The van der Waals surface area contributed by atoms with Gasteiger partial charge in [-0.1, -0.05) is 20.8 Å². The van der Waals surface area contributed by atoms with Gasteiger partial charge in [-0.15, -0.1) is 11.8 Å². The Kier molecular flexibility index (Phi) is 10.0. The van der Waals surface area contributed by atoms with Gasteiger partial charge in [-0.25, -0.2) is 19.9 Å². The largest absolute Gasteiger partial charge is 0.410 e. The van der Waals surface area contributed by atoms with Crippen molar-refractivity contribution in [2.24, 2.45) is 0 Å².